The van der Waals surface area contributed by atoms with Gasteiger partial charge in [0.05, 0.1) is 6.54 Å². The van der Waals surface area contributed by atoms with Crippen molar-refractivity contribution in [1.82, 2.24) is 9.80 Å². The molecule has 0 aromatic heterocycles. The smallest absolute Gasteiger partial charge is 0.410 e. The van der Waals surface area contributed by atoms with Crippen LogP contribution in [0.1, 0.15) is 86.6 Å². The van der Waals surface area contributed by atoms with E-state index in [-0.39, 0.29) is 29.8 Å². The van der Waals surface area contributed by atoms with Gasteiger partial charge in [-0.05, 0) is 95.4 Å². The first-order chi connectivity index (χ1) is 20.7. The summed E-state index contributed by atoms with van der Waals surface area (Å²) < 4.78 is 19.9. The first kappa shape index (κ1) is 34.7. The number of carbonyl (C=O) groups is 2. The Morgan fingerprint density at radius 1 is 1.16 bits per heavy atom. The zero-order valence-electron chi connectivity index (χ0n) is 27.9. The average molecular weight is 604 g/mol. The summed E-state index contributed by atoms with van der Waals surface area (Å²) in [6, 6.07) is 6.34. The molecule has 44 heavy (non-hydrogen) atoms. The molecule has 7 heteroatoms. The fourth-order valence-corrected chi connectivity index (χ4v) is 5.59. The third-order valence-electron chi connectivity index (χ3n) is 7.92. The van der Waals surface area contributed by atoms with Crippen molar-refractivity contribution in [3.8, 4) is 0 Å². The molecule has 238 valence electrons. The van der Waals surface area contributed by atoms with E-state index in [1.165, 1.54) is 12.1 Å². The Morgan fingerprint density at radius 2 is 1.89 bits per heavy atom. The number of piperazine rings is 1. The molecule has 0 bridgehead atoms. The Labute approximate surface area is 263 Å². The van der Waals surface area contributed by atoms with Crippen LogP contribution in [-0.2, 0) is 9.53 Å². The summed E-state index contributed by atoms with van der Waals surface area (Å²) in [6.45, 7) is 21.8. The molecule has 1 aromatic rings. The molecule has 0 N–H and O–H groups in total. The summed E-state index contributed by atoms with van der Waals surface area (Å²) in [6.07, 6.45) is 10.1. The molecule has 1 amide bonds. The summed E-state index contributed by atoms with van der Waals surface area (Å²) in [7, 11) is 0. The van der Waals surface area contributed by atoms with Crippen molar-refractivity contribution in [2.24, 2.45) is 4.99 Å². The standard InChI is InChI=1S/C37H50FN3O3/c1-10-12-16-32(42)18-17-29(11-2)34-33(21-26(4)30-14-13-15-31(38)22-30)39-20-19-25(3)35(34)40-23-28(6)41(24-27(40)5)36(43)44-37(7,8)9/h11,13-15,17-19,22,27-28H,4,10,12,16,20-21,23-24H2,1-3,5-9H3/b18-17+,29-11-/t27-,28+/m0/s1. The third-order valence-corrected chi connectivity index (χ3v) is 7.92. The molecule has 0 saturated carbocycles. The number of hydrogen-bond acceptors (Lipinski definition) is 5. The molecule has 6 nitrogen and oxygen atoms in total. The van der Waals surface area contributed by atoms with E-state index in [1.54, 1.807) is 12.1 Å². The Morgan fingerprint density at radius 3 is 2.52 bits per heavy atom. The summed E-state index contributed by atoms with van der Waals surface area (Å²) in [5, 5.41) is 0. The van der Waals surface area contributed by atoms with Crippen molar-refractivity contribution in [2.45, 2.75) is 98.8 Å². The fraction of sp³-hybridized carbons (Fsp3) is 0.486. The van der Waals surface area contributed by atoms with E-state index in [2.05, 4.69) is 38.3 Å². The van der Waals surface area contributed by atoms with Gasteiger partial charge in [0.15, 0.2) is 5.78 Å². The maximum Gasteiger partial charge on any atom is 0.410 e. The summed E-state index contributed by atoms with van der Waals surface area (Å²) in [5.74, 6) is -0.223. The lowest BCUT2D eigenvalue weighted by Gasteiger charge is -2.47. The number of amides is 1. The Balaban J connectivity index is 2.11. The number of halogens is 1. The van der Waals surface area contributed by atoms with Crippen LogP contribution in [-0.4, -0.2) is 64.7 Å². The lowest BCUT2D eigenvalue weighted by Crippen LogP contribution is -2.58. The van der Waals surface area contributed by atoms with E-state index < -0.39 is 5.60 Å². The van der Waals surface area contributed by atoms with Crippen LogP contribution < -0.4 is 0 Å². The lowest BCUT2D eigenvalue weighted by atomic mass is 9.89. The number of nitrogens with zero attached hydrogens (tertiary/aromatic N) is 3. The Kier molecular flexibility index (Phi) is 12.1. The molecule has 1 fully saturated rings. The normalized spacial score (nSPS) is 20.0. The number of carbonyl (C=O) groups excluding carboxylic acids is 2. The monoisotopic (exact) mass is 603 g/mol. The topological polar surface area (TPSA) is 62.2 Å². The molecule has 0 spiro atoms. The van der Waals surface area contributed by atoms with Gasteiger partial charge < -0.3 is 14.5 Å². The van der Waals surface area contributed by atoms with E-state index in [4.69, 9.17) is 9.73 Å². The Hall–Kier alpha value is -3.74. The van der Waals surface area contributed by atoms with E-state index in [9.17, 15) is 14.0 Å². The number of aliphatic imine (C=N–C) groups is 1. The van der Waals surface area contributed by atoms with Gasteiger partial charge in [-0.1, -0.05) is 50.3 Å². The average Bonchev–Trinajstić information content (AvgIpc) is 3.10. The van der Waals surface area contributed by atoms with Crippen molar-refractivity contribution in [3.05, 3.63) is 88.9 Å². The van der Waals surface area contributed by atoms with Crippen molar-refractivity contribution in [3.63, 3.8) is 0 Å². The van der Waals surface area contributed by atoms with Crippen LogP contribution in [0, 0.1) is 5.82 Å². The van der Waals surface area contributed by atoms with Crippen LogP contribution >= 0.6 is 0 Å². The second-order valence-electron chi connectivity index (χ2n) is 12.8. The van der Waals surface area contributed by atoms with Gasteiger partial charge in [-0.15, -0.1) is 0 Å². The number of benzene rings is 1. The molecule has 1 saturated heterocycles. The lowest BCUT2D eigenvalue weighted by molar-refractivity contribution is -0.114. The van der Waals surface area contributed by atoms with Crippen LogP contribution in [0.2, 0.25) is 0 Å². The molecule has 2 heterocycles. The third kappa shape index (κ3) is 9.13. The zero-order chi connectivity index (χ0) is 32.6. The Bertz CT molecular complexity index is 1390. The highest BCUT2D eigenvalue weighted by atomic mass is 19.1. The maximum atomic E-state index is 14.1. The summed E-state index contributed by atoms with van der Waals surface area (Å²) >= 11 is 0. The van der Waals surface area contributed by atoms with Gasteiger partial charge in [0.2, 0.25) is 0 Å². The molecule has 2 atom stereocenters. The van der Waals surface area contributed by atoms with Crippen LogP contribution in [0.4, 0.5) is 9.18 Å². The van der Waals surface area contributed by atoms with Crippen molar-refractivity contribution in [2.75, 3.05) is 19.6 Å². The minimum Gasteiger partial charge on any atom is -0.444 e. The van der Waals surface area contributed by atoms with Crippen LogP contribution in [0.3, 0.4) is 0 Å². The minimum atomic E-state index is -0.579. The van der Waals surface area contributed by atoms with Crippen molar-refractivity contribution < 1.29 is 18.7 Å². The van der Waals surface area contributed by atoms with Crippen LogP contribution in [0.5, 0.6) is 0 Å². The first-order valence-electron chi connectivity index (χ1n) is 15.8. The van der Waals surface area contributed by atoms with Gasteiger partial charge in [0.1, 0.15) is 11.4 Å². The van der Waals surface area contributed by atoms with Gasteiger partial charge in [0, 0.05) is 55.0 Å². The number of allylic oxidation sites excluding steroid dienone is 7. The van der Waals surface area contributed by atoms with Crippen molar-refractivity contribution >= 4 is 23.2 Å². The molecular weight excluding hydrogens is 553 g/mol. The van der Waals surface area contributed by atoms with Gasteiger partial charge >= 0.3 is 6.09 Å². The quantitative estimate of drug-likeness (QED) is 0.199. The molecule has 0 unspecified atom stereocenters. The highest BCUT2D eigenvalue weighted by molar-refractivity contribution is 6.10. The van der Waals surface area contributed by atoms with Gasteiger partial charge in [-0.25, -0.2) is 9.18 Å². The molecular formula is C37H50FN3O3. The van der Waals surface area contributed by atoms with E-state index in [0.717, 1.165) is 52.1 Å². The van der Waals surface area contributed by atoms with Crippen LogP contribution in [0.25, 0.3) is 5.57 Å². The highest BCUT2D eigenvalue weighted by Crippen LogP contribution is 2.35. The number of hydrogen-bond donors (Lipinski definition) is 0. The van der Waals surface area contributed by atoms with E-state index in [0.29, 0.717) is 32.5 Å². The van der Waals surface area contributed by atoms with Gasteiger partial charge in [-0.2, -0.15) is 0 Å². The largest absolute Gasteiger partial charge is 0.444 e. The number of ketones is 1. The van der Waals surface area contributed by atoms with Crippen LogP contribution in [0.15, 0.2) is 82.6 Å². The SMILES string of the molecule is C=C(CC1=NCC=C(C)C(N2C[C@@H](C)N(C(=O)OC(C)(C)C)C[C@@H]2C)=C1C(=C\C)/C=C/C(=O)CCCC)c1cccc(F)c1. The minimum absolute atomic E-state index is 0.0221. The second-order valence-corrected chi connectivity index (χ2v) is 12.8. The second kappa shape index (κ2) is 15.3. The maximum absolute atomic E-state index is 14.1. The number of ether oxygens (including phenoxy) is 1. The van der Waals surface area contributed by atoms with Crippen molar-refractivity contribution in [1.29, 1.82) is 0 Å². The molecule has 0 aliphatic carbocycles. The fourth-order valence-electron chi connectivity index (χ4n) is 5.59. The highest BCUT2D eigenvalue weighted by Gasteiger charge is 2.37. The predicted octanol–water partition coefficient (Wildman–Crippen LogP) is 8.48. The van der Waals surface area contributed by atoms with E-state index >= 15 is 0 Å². The number of rotatable bonds is 10. The molecule has 2 aliphatic heterocycles. The molecule has 0 radical (unpaired) electrons. The molecule has 3 rings (SSSR count). The van der Waals surface area contributed by atoms with E-state index in [1.807, 2.05) is 57.7 Å². The summed E-state index contributed by atoms with van der Waals surface area (Å²) in [5.41, 5.74) is 5.65. The number of unbranched alkanes of at least 4 members (excludes halogenated alkanes) is 1. The predicted molar refractivity (Wildman–Crippen MR) is 179 cm³/mol. The molecule has 2 aliphatic rings. The zero-order valence-corrected chi connectivity index (χ0v) is 27.9. The van der Waals surface area contributed by atoms with Gasteiger partial charge in [-0.3, -0.25) is 9.79 Å². The first-order valence-corrected chi connectivity index (χ1v) is 15.8. The van der Waals surface area contributed by atoms with Gasteiger partial charge in [0.25, 0.3) is 0 Å². The summed E-state index contributed by atoms with van der Waals surface area (Å²) in [4.78, 5) is 35.0. The molecule has 1 aromatic carbocycles.